The van der Waals surface area contributed by atoms with Crippen molar-refractivity contribution in [3.63, 3.8) is 0 Å². The maximum absolute atomic E-state index is 12.9. The summed E-state index contributed by atoms with van der Waals surface area (Å²) in [4.78, 5) is 25.0. The first-order chi connectivity index (χ1) is 13.5. The van der Waals surface area contributed by atoms with E-state index in [1.54, 1.807) is 0 Å². The third kappa shape index (κ3) is 4.26. The van der Waals surface area contributed by atoms with E-state index in [1.807, 2.05) is 12.1 Å². The summed E-state index contributed by atoms with van der Waals surface area (Å²) in [6.07, 6.45) is 9.43. The van der Waals surface area contributed by atoms with E-state index < -0.39 is 0 Å². The molecule has 0 heterocycles. The summed E-state index contributed by atoms with van der Waals surface area (Å²) < 4.78 is 0. The average Bonchev–Trinajstić information content (AvgIpc) is 2.65. The molecule has 0 spiro atoms. The minimum absolute atomic E-state index is 0.0788. The van der Waals surface area contributed by atoms with Crippen LogP contribution in [0.4, 0.5) is 0 Å². The Morgan fingerprint density at radius 2 is 1.61 bits per heavy atom. The summed E-state index contributed by atoms with van der Waals surface area (Å²) in [6, 6.07) is 8.29. The first kappa shape index (κ1) is 19.5. The molecular formula is C24H34N2O2. The molecule has 4 fully saturated rings. The van der Waals surface area contributed by atoms with E-state index in [1.165, 1.54) is 30.4 Å². The van der Waals surface area contributed by atoms with Crippen molar-refractivity contribution in [1.29, 1.82) is 0 Å². The van der Waals surface area contributed by atoms with Gasteiger partial charge in [0.2, 0.25) is 11.8 Å². The fourth-order valence-corrected chi connectivity index (χ4v) is 6.34. The second-order valence-corrected chi connectivity index (χ2v) is 9.58. The number of hydrogen-bond donors (Lipinski definition) is 2. The molecule has 4 saturated carbocycles. The molecule has 0 atom stereocenters. The molecule has 5 rings (SSSR count). The third-order valence-corrected chi connectivity index (χ3v) is 7.36. The van der Waals surface area contributed by atoms with E-state index in [0.29, 0.717) is 25.9 Å². The molecule has 4 bridgehead atoms. The van der Waals surface area contributed by atoms with Crippen molar-refractivity contribution in [3.8, 4) is 0 Å². The molecule has 0 unspecified atom stereocenters. The molecule has 0 saturated heterocycles. The van der Waals surface area contributed by atoms with E-state index in [2.05, 4.69) is 29.7 Å². The summed E-state index contributed by atoms with van der Waals surface area (Å²) >= 11 is 0. The van der Waals surface area contributed by atoms with E-state index >= 15 is 0 Å². The van der Waals surface area contributed by atoms with Gasteiger partial charge >= 0.3 is 0 Å². The maximum Gasteiger partial charge on any atom is 0.226 e. The van der Waals surface area contributed by atoms with Gasteiger partial charge in [-0.05, 0) is 87.2 Å². The lowest BCUT2D eigenvalue weighted by molar-refractivity contribution is -0.146. The van der Waals surface area contributed by atoms with Crippen LogP contribution in [0.25, 0.3) is 0 Å². The normalized spacial score (nSPS) is 30.2. The van der Waals surface area contributed by atoms with Crippen molar-refractivity contribution in [1.82, 2.24) is 10.6 Å². The SMILES string of the molecule is Cc1ccccc1CCNC(=O)CCCNC(=O)C12CC3CC(CC(C3)C1)C2. The lowest BCUT2D eigenvalue weighted by Crippen LogP contribution is -2.53. The Morgan fingerprint density at radius 1 is 0.964 bits per heavy atom. The highest BCUT2D eigenvalue weighted by molar-refractivity contribution is 5.83. The van der Waals surface area contributed by atoms with Crippen LogP contribution >= 0.6 is 0 Å². The maximum atomic E-state index is 12.9. The lowest BCUT2D eigenvalue weighted by Gasteiger charge is -2.55. The summed E-state index contributed by atoms with van der Waals surface area (Å²) in [5.41, 5.74) is 2.47. The van der Waals surface area contributed by atoms with Crippen molar-refractivity contribution in [3.05, 3.63) is 35.4 Å². The second kappa shape index (κ2) is 8.26. The monoisotopic (exact) mass is 382 g/mol. The Balaban J connectivity index is 1.13. The average molecular weight is 383 g/mol. The minimum Gasteiger partial charge on any atom is -0.356 e. The predicted molar refractivity (Wildman–Crippen MR) is 111 cm³/mol. The van der Waals surface area contributed by atoms with Gasteiger partial charge in [-0.15, -0.1) is 0 Å². The minimum atomic E-state index is -0.0788. The van der Waals surface area contributed by atoms with Crippen LogP contribution in [0.15, 0.2) is 24.3 Å². The Labute approximate surface area is 168 Å². The molecular weight excluding hydrogens is 348 g/mol. The number of rotatable bonds is 8. The summed E-state index contributed by atoms with van der Waals surface area (Å²) in [6.45, 7) is 3.39. The zero-order chi connectivity index (χ0) is 19.6. The quantitative estimate of drug-likeness (QED) is 0.673. The van der Waals surface area contributed by atoms with E-state index in [4.69, 9.17) is 0 Å². The molecule has 4 nitrogen and oxygen atoms in total. The number of hydrogen-bond acceptors (Lipinski definition) is 2. The zero-order valence-electron chi connectivity index (χ0n) is 17.1. The molecule has 2 N–H and O–H groups in total. The molecule has 0 aromatic heterocycles. The van der Waals surface area contributed by atoms with Gasteiger partial charge in [-0.2, -0.15) is 0 Å². The van der Waals surface area contributed by atoms with Crippen molar-refractivity contribution >= 4 is 11.8 Å². The fraction of sp³-hybridized carbons (Fsp3) is 0.667. The van der Waals surface area contributed by atoms with Crippen LogP contribution in [0.1, 0.15) is 62.5 Å². The molecule has 4 aliphatic rings. The molecule has 1 aromatic carbocycles. The van der Waals surface area contributed by atoms with Gasteiger partial charge in [-0.1, -0.05) is 24.3 Å². The molecule has 4 heteroatoms. The third-order valence-electron chi connectivity index (χ3n) is 7.36. The number of amides is 2. The summed E-state index contributed by atoms with van der Waals surface area (Å²) in [5.74, 6) is 2.72. The molecule has 0 radical (unpaired) electrons. The van der Waals surface area contributed by atoms with Crippen LogP contribution in [0, 0.1) is 30.1 Å². The van der Waals surface area contributed by atoms with Crippen molar-refractivity contribution in [2.45, 2.75) is 64.7 Å². The molecule has 0 aliphatic heterocycles. The predicted octanol–water partition coefficient (Wildman–Crippen LogP) is 3.77. The standard InChI is InChI=1S/C24H34N2O2/c1-17-5-2-3-6-21(17)8-10-25-22(27)7-4-9-26-23(28)24-14-18-11-19(15-24)13-20(12-18)16-24/h2-3,5-6,18-20H,4,7-16H2,1H3,(H,25,27)(H,26,28). The molecule has 1 aromatic rings. The van der Waals surface area contributed by atoms with Gasteiger partial charge < -0.3 is 10.6 Å². The van der Waals surface area contributed by atoms with Crippen LogP contribution in [-0.2, 0) is 16.0 Å². The number of benzene rings is 1. The highest BCUT2D eigenvalue weighted by Gasteiger charge is 2.54. The van der Waals surface area contributed by atoms with Gasteiger partial charge in [-0.25, -0.2) is 0 Å². The number of carbonyl (C=O) groups excluding carboxylic acids is 2. The van der Waals surface area contributed by atoms with Crippen LogP contribution in [0.2, 0.25) is 0 Å². The molecule has 2 amide bonds. The lowest BCUT2D eigenvalue weighted by atomic mass is 9.49. The first-order valence-corrected chi connectivity index (χ1v) is 11.1. The molecule has 28 heavy (non-hydrogen) atoms. The van der Waals surface area contributed by atoms with Crippen molar-refractivity contribution in [2.75, 3.05) is 13.1 Å². The topological polar surface area (TPSA) is 58.2 Å². The largest absolute Gasteiger partial charge is 0.356 e. The van der Waals surface area contributed by atoms with Crippen LogP contribution in [0.3, 0.4) is 0 Å². The highest BCUT2D eigenvalue weighted by atomic mass is 16.2. The van der Waals surface area contributed by atoms with E-state index in [0.717, 1.165) is 43.4 Å². The zero-order valence-corrected chi connectivity index (χ0v) is 17.1. The molecule has 4 aliphatic carbocycles. The van der Waals surface area contributed by atoms with Gasteiger partial charge in [0.25, 0.3) is 0 Å². The first-order valence-electron chi connectivity index (χ1n) is 11.1. The van der Waals surface area contributed by atoms with Gasteiger partial charge in [0, 0.05) is 24.9 Å². The summed E-state index contributed by atoms with van der Waals surface area (Å²) in [5, 5.41) is 6.17. The van der Waals surface area contributed by atoms with Crippen LogP contribution in [-0.4, -0.2) is 24.9 Å². The Kier molecular flexibility index (Phi) is 5.75. The fourth-order valence-electron chi connectivity index (χ4n) is 6.34. The Bertz CT molecular complexity index is 692. The van der Waals surface area contributed by atoms with E-state index in [9.17, 15) is 9.59 Å². The van der Waals surface area contributed by atoms with Gasteiger partial charge in [0.05, 0.1) is 0 Å². The van der Waals surface area contributed by atoms with Crippen molar-refractivity contribution in [2.24, 2.45) is 23.2 Å². The number of carbonyl (C=O) groups is 2. The van der Waals surface area contributed by atoms with Crippen LogP contribution < -0.4 is 10.6 Å². The van der Waals surface area contributed by atoms with Gasteiger partial charge in [-0.3, -0.25) is 9.59 Å². The smallest absolute Gasteiger partial charge is 0.226 e. The Morgan fingerprint density at radius 3 is 2.25 bits per heavy atom. The number of aryl methyl sites for hydroxylation is 1. The van der Waals surface area contributed by atoms with Crippen molar-refractivity contribution < 1.29 is 9.59 Å². The van der Waals surface area contributed by atoms with E-state index in [-0.39, 0.29) is 17.2 Å². The Hall–Kier alpha value is -1.84. The summed E-state index contributed by atoms with van der Waals surface area (Å²) in [7, 11) is 0. The van der Waals surface area contributed by atoms with Crippen LogP contribution in [0.5, 0.6) is 0 Å². The molecule has 152 valence electrons. The number of nitrogens with one attached hydrogen (secondary N) is 2. The second-order valence-electron chi connectivity index (χ2n) is 9.58. The van der Waals surface area contributed by atoms with Gasteiger partial charge in [0.1, 0.15) is 0 Å². The highest BCUT2D eigenvalue weighted by Crippen LogP contribution is 2.60. The van der Waals surface area contributed by atoms with Gasteiger partial charge in [0.15, 0.2) is 0 Å².